The molecule has 3 rings (SSSR count). The quantitative estimate of drug-likeness (QED) is 0.248. The average Bonchev–Trinajstić information content (AvgIpc) is 2.82. The van der Waals surface area contributed by atoms with Gasteiger partial charge in [0.15, 0.2) is 5.17 Å². The van der Waals surface area contributed by atoms with Crippen LogP contribution in [0.15, 0.2) is 83.0 Å². The fourth-order valence-electron chi connectivity index (χ4n) is 3.12. The minimum Gasteiger partial charge on any atom is -0.496 e. The van der Waals surface area contributed by atoms with E-state index in [0.29, 0.717) is 11.8 Å². The Kier molecular flexibility index (Phi) is 8.55. The summed E-state index contributed by atoms with van der Waals surface area (Å²) >= 11 is 1.46. The van der Waals surface area contributed by atoms with Crippen molar-refractivity contribution >= 4 is 23.1 Å². The Bertz CT molecular complexity index is 1090. The summed E-state index contributed by atoms with van der Waals surface area (Å²) in [7, 11) is 1.65. The number of nitrogens with zero attached hydrogens (tertiary/aromatic N) is 2. The second kappa shape index (κ2) is 11.6. The van der Waals surface area contributed by atoms with E-state index in [4.69, 9.17) is 15.2 Å². The lowest BCUT2D eigenvalue weighted by molar-refractivity contribution is 0.296. The van der Waals surface area contributed by atoms with E-state index in [2.05, 4.69) is 55.2 Å². The van der Waals surface area contributed by atoms with E-state index in [9.17, 15) is 0 Å². The second-order valence-electron chi connectivity index (χ2n) is 8.59. The fourth-order valence-corrected chi connectivity index (χ4v) is 3.73. The SMILES string of the molecule is COc1ccc(C=NN=C(N)SCc2ccccc2)cc1COc1ccc(C(C)(C)C)cc1. The molecule has 0 unspecified atom stereocenters. The van der Waals surface area contributed by atoms with Crippen molar-refractivity contribution in [3.63, 3.8) is 0 Å². The van der Waals surface area contributed by atoms with Crippen LogP contribution in [0.1, 0.15) is 43.0 Å². The van der Waals surface area contributed by atoms with Gasteiger partial charge < -0.3 is 15.2 Å². The Morgan fingerprint density at radius 1 is 1.00 bits per heavy atom. The lowest BCUT2D eigenvalue weighted by Gasteiger charge is -2.19. The molecule has 0 aliphatic rings. The monoisotopic (exact) mass is 461 g/mol. The zero-order chi connectivity index (χ0) is 23.7. The van der Waals surface area contributed by atoms with Crippen LogP contribution in [-0.4, -0.2) is 18.5 Å². The Labute approximate surface area is 200 Å². The smallest absolute Gasteiger partial charge is 0.180 e. The first-order valence-corrected chi connectivity index (χ1v) is 11.8. The van der Waals surface area contributed by atoms with Crippen molar-refractivity contribution in [1.82, 2.24) is 0 Å². The first-order chi connectivity index (χ1) is 15.8. The summed E-state index contributed by atoms with van der Waals surface area (Å²) in [5.41, 5.74) is 10.4. The van der Waals surface area contributed by atoms with Crippen molar-refractivity contribution in [2.45, 2.75) is 38.5 Å². The van der Waals surface area contributed by atoms with Crippen LogP contribution in [0.5, 0.6) is 11.5 Å². The molecule has 0 aliphatic carbocycles. The first kappa shape index (κ1) is 24.4. The maximum atomic E-state index is 6.00. The van der Waals surface area contributed by atoms with E-state index in [1.54, 1.807) is 13.3 Å². The molecule has 5 nitrogen and oxygen atoms in total. The molecule has 0 saturated heterocycles. The molecule has 0 fully saturated rings. The summed E-state index contributed by atoms with van der Waals surface area (Å²) in [6, 6.07) is 24.1. The maximum absolute atomic E-state index is 6.00. The van der Waals surface area contributed by atoms with Crippen LogP contribution in [0.3, 0.4) is 0 Å². The van der Waals surface area contributed by atoms with Gasteiger partial charge in [-0.05, 0) is 52.4 Å². The maximum Gasteiger partial charge on any atom is 0.180 e. The van der Waals surface area contributed by atoms with Crippen molar-refractivity contribution < 1.29 is 9.47 Å². The van der Waals surface area contributed by atoms with Crippen LogP contribution in [0.4, 0.5) is 0 Å². The molecule has 2 N–H and O–H groups in total. The van der Waals surface area contributed by atoms with Gasteiger partial charge in [0, 0.05) is 11.3 Å². The van der Waals surface area contributed by atoms with Gasteiger partial charge in [-0.25, -0.2) is 0 Å². The van der Waals surface area contributed by atoms with E-state index in [1.807, 2.05) is 48.5 Å². The molecule has 0 bridgehead atoms. The van der Waals surface area contributed by atoms with Crippen molar-refractivity contribution in [1.29, 1.82) is 0 Å². The summed E-state index contributed by atoms with van der Waals surface area (Å²) in [4.78, 5) is 0. The topological polar surface area (TPSA) is 69.2 Å². The normalized spacial score (nSPS) is 12.2. The third-order valence-electron chi connectivity index (χ3n) is 5.01. The van der Waals surface area contributed by atoms with Crippen molar-refractivity contribution in [3.8, 4) is 11.5 Å². The molecule has 0 aliphatic heterocycles. The molecule has 172 valence electrons. The highest BCUT2D eigenvalue weighted by atomic mass is 32.2. The predicted octanol–water partition coefficient (Wildman–Crippen LogP) is 6.15. The van der Waals surface area contributed by atoms with Gasteiger partial charge >= 0.3 is 0 Å². The second-order valence-corrected chi connectivity index (χ2v) is 9.59. The zero-order valence-electron chi connectivity index (χ0n) is 19.6. The molecule has 0 aromatic heterocycles. The average molecular weight is 462 g/mol. The summed E-state index contributed by atoms with van der Waals surface area (Å²) < 4.78 is 11.5. The molecule has 0 saturated carbocycles. The number of amidine groups is 1. The first-order valence-electron chi connectivity index (χ1n) is 10.8. The molecular weight excluding hydrogens is 430 g/mol. The molecule has 3 aromatic rings. The van der Waals surface area contributed by atoms with E-state index in [-0.39, 0.29) is 5.41 Å². The predicted molar refractivity (Wildman–Crippen MR) is 139 cm³/mol. The van der Waals surface area contributed by atoms with Crippen LogP contribution in [0.25, 0.3) is 0 Å². The van der Waals surface area contributed by atoms with Crippen LogP contribution < -0.4 is 15.2 Å². The molecule has 33 heavy (non-hydrogen) atoms. The van der Waals surface area contributed by atoms with Gasteiger partial charge in [-0.2, -0.15) is 5.10 Å². The molecule has 0 radical (unpaired) electrons. The number of nitrogens with two attached hydrogens (primary N) is 1. The minimum absolute atomic E-state index is 0.112. The number of rotatable bonds is 8. The summed E-state index contributed by atoms with van der Waals surface area (Å²) in [6.45, 7) is 6.97. The van der Waals surface area contributed by atoms with Gasteiger partial charge in [0.2, 0.25) is 0 Å². The summed E-state index contributed by atoms with van der Waals surface area (Å²) in [5.74, 6) is 2.34. The van der Waals surface area contributed by atoms with Crippen molar-refractivity contribution in [2.75, 3.05) is 7.11 Å². The molecule has 6 heteroatoms. The van der Waals surface area contributed by atoms with Crippen molar-refractivity contribution in [3.05, 3.63) is 95.1 Å². The largest absolute Gasteiger partial charge is 0.496 e. The molecule has 0 spiro atoms. The number of hydrogen-bond acceptors (Lipinski definition) is 5. The number of methoxy groups -OCH3 is 1. The lowest BCUT2D eigenvalue weighted by atomic mass is 9.87. The molecule has 0 atom stereocenters. The van der Waals surface area contributed by atoms with Gasteiger partial charge in [-0.15, -0.1) is 5.10 Å². The Hall–Kier alpha value is -3.25. The summed E-state index contributed by atoms with van der Waals surface area (Å²) in [6.07, 6.45) is 1.68. The van der Waals surface area contributed by atoms with Crippen molar-refractivity contribution in [2.24, 2.45) is 15.9 Å². The van der Waals surface area contributed by atoms with Crippen LogP contribution in [0.2, 0.25) is 0 Å². The fraction of sp³-hybridized carbons (Fsp3) is 0.259. The molecular formula is C27H31N3O2S. The van der Waals surface area contributed by atoms with Gasteiger partial charge in [-0.3, -0.25) is 0 Å². The molecule has 0 heterocycles. The Morgan fingerprint density at radius 3 is 2.39 bits per heavy atom. The third-order valence-corrected chi connectivity index (χ3v) is 5.87. The number of thioether (sulfide) groups is 1. The zero-order valence-corrected chi connectivity index (χ0v) is 20.4. The highest BCUT2D eigenvalue weighted by Gasteiger charge is 2.13. The highest BCUT2D eigenvalue weighted by molar-refractivity contribution is 8.13. The van der Waals surface area contributed by atoms with Gasteiger partial charge in [-0.1, -0.05) is 75.0 Å². The van der Waals surface area contributed by atoms with Crippen LogP contribution in [0, 0.1) is 0 Å². The Balaban J connectivity index is 1.61. The van der Waals surface area contributed by atoms with E-state index in [1.165, 1.54) is 22.9 Å². The van der Waals surface area contributed by atoms with E-state index < -0.39 is 0 Å². The van der Waals surface area contributed by atoms with E-state index >= 15 is 0 Å². The minimum atomic E-state index is 0.112. The molecule has 3 aromatic carbocycles. The number of benzene rings is 3. The lowest BCUT2D eigenvalue weighted by Crippen LogP contribution is -2.10. The van der Waals surface area contributed by atoms with Gasteiger partial charge in [0.05, 0.1) is 13.3 Å². The third kappa shape index (κ3) is 7.68. The van der Waals surface area contributed by atoms with Gasteiger partial charge in [0.1, 0.15) is 18.1 Å². The van der Waals surface area contributed by atoms with E-state index in [0.717, 1.165) is 28.4 Å². The summed E-state index contributed by atoms with van der Waals surface area (Å²) in [5, 5.41) is 8.65. The standard InChI is InChI=1S/C27H31N3O2S/c1-27(2,3)23-11-13-24(14-12-23)32-18-22-16-21(10-15-25(22)31-4)17-29-30-26(28)33-19-20-8-6-5-7-9-20/h5-17H,18-19H2,1-4H3,(H2,28,30). The highest BCUT2D eigenvalue weighted by Crippen LogP contribution is 2.26. The van der Waals surface area contributed by atoms with Crippen LogP contribution >= 0.6 is 11.8 Å². The Morgan fingerprint density at radius 2 is 1.73 bits per heavy atom. The van der Waals surface area contributed by atoms with Gasteiger partial charge in [0.25, 0.3) is 0 Å². The number of hydrogen-bond donors (Lipinski definition) is 1. The number of ether oxygens (including phenoxy) is 2. The van der Waals surface area contributed by atoms with Crippen LogP contribution in [-0.2, 0) is 17.8 Å². The molecule has 0 amide bonds.